The van der Waals surface area contributed by atoms with Crippen LogP contribution in [0.1, 0.15) is 12.8 Å². The second-order valence-corrected chi connectivity index (χ2v) is 5.55. The van der Waals surface area contributed by atoms with Crippen LogP contribution < -0.4 is 10.6 Å². The highest BCUT2D eigenvalue weighted by Crippen LogP contribution is 2.24. The van der Waals surface area contributed by atoms with Crippen molar-refractivity contribution in [2.75, 3.05) is 25.0 Å². The Labute approximate surface area is 97.2 Å². The van der Waals surface area contributed by atoms with Crippen molar-refractivity contribution in [1.29, 1.82) is 0 Å². The van der Waals surface area contributed by atoms with Crippen molar-refractivity contribution in [3.63, 3.8) is 0 Å². The van der Waals surface area contributed by atoms with E-state index in [1.165, 1.54) is 35.4 Å². The summed E-state index contributed by atoms with van der Waals surface area (Å²) < 4.78 is 1.17. The largest absolute Gasteiger partial charge is 0.377 e. The molecule has 1 aliphatic rings. The second kappa shape index (κ2) is 5.14. The standard InChI is InChI=1S/C10H15BrN2S/c11-9-4-10(14-7-9)13-6-8-2-1-3-12-5-8/h4,7-8,12-13H,1-3,5-6H2. The van der Waals surface area contributed by atoms with Gasteiger partial charge in [0.05, 0.1) is 5.00 Å². The van der Waals surface area contributed by atoms with Gasteiger partial charge in [0.15, 0.2) is 0 Å². The van der Waals surface area contributed by atoms with Gasteiger partial charge >= 0.3 is 0 Å². The van der Waals surface area contributed by atoms with Gasteiger partial charge in [0.2, 0.25) is 0 Å². The van der Waals surface area contributed by atoms with Crippen LogP contribution in [0.25, 0.3) is 0 Å². The van der Waals surface area contributed by atoms with Crippen molar-refractivity contribution in [1.82, 2.24) is 5.32 Å². The summed E-state index contributed by atoms with van der Waals surface area (Å²) in [6.45, 7) is 3.46. The average Bonchev–Trinajstić information content (AvgIpc) is 2.63. The third kappa shape index (κ3) is 2.97. The van der Waals surface area contributed by atoms with Crippen LogP contribution in [0.4, 0.5) is 5.00 Å². The zero-order chi connectivity index (χ0) is 9.80. The molecule has 0 spiro atoms. The monoisotopic (exact) mass is 274 g/mol. The highest BCUT2D eigenvalue weighted by Gasteiger charge is 2.12. The Kier molecular flexibility index (Phi) is 3.84. The molecule has 2 nitrogen and oxygen atoms in total. The van der Waals surface area contributed by atoms with Gasteiger partial charge in [-0.15, -0.1) is 11.3 Å². The van der Waals surface area contributed by atoms with Gasteiger partial charge in [0.25, 0.3) is 0 Å². The summed E-state index contributed by atoms with van der Waals surface area (Å²) >= 11 is 5.22. The first-order chi connectivity index (χ1) is 6.84. The number of halogens is 1. The molecule has 1 unspecified atom stereocenters. The number of hydrogen-bond donors (Lipinski definition) is 2. The fraction of sp³-hybridized carbons (Fsp3) is 0.600. The van der Waals surface area contributed by atoms with Crippen molar-refractivity contribution in [3.8, 4) is 0 Å². The number of anilines is 1. The van der Waals surface area contributed by atoms with Crippen LogP contribution in [0.3, 0.4) is 0 Å². The Balaban J connectivity index is 1.76. The molecule has 0 bridgehead atoms. The molecule has 4 heteroatoms. The Hall–Kier alpha value is -0.0600. The number of thiophene rings is 1. The van der Waals surface area contributed by atoms with E-state index in [2.05, 4.69) is 38.0 Å². The van der Waals surface area contributed by atoms with Gasteiger partial charge in [0.1, 0.15) is 0 Å². The number of nitrogens with one attached hydrogen (secondary N) is 2. The Morgan fingerprint density at radius 3 is 3.21 bits per heavy atom. The van der Waals surface area contributed by atoms with Gasteiger partial charge < -0.3 is 10.6 Å². The predicted octanol–water partition coefficient (Wildman–Crippen LogP) is 2.92. The Bertz CT molecular complexity index is 281. The molecular weight excluding hydrogens is 260 g/mol. The lowest BCUT2D eigenvalue weighted by atomic mass is 10.00. The van der Waals surface area contributed by atoms with E-state index in [9.17, 15) is 0 Å². The van der Waals surface area contributed by atoms with Gasteiger partial charge in [-0.3, -0.25) is 0 Å². The number of hydrogen-bond acceptors (Lipinski definition) is 3. The van der Waals surface area contributed by atoms with Crippen LogP contribution >= 0.6 is 27.3 Å². The van der Waals surface area contributed by atoms with Crippen molar-refractivity contribution in [3.05, 3.63) is 15.9 Å². The van der Waals surface area contributed by atoms with Crippen LogP contribution in [0, 0.1) is 5.92 Å². The Morgan fingerprint density at radius 1 is 1.64 bits per heavy atom. The highest BCUT2D eigenvalue weighted by molar-refractivity contribution is 9.10. The fourth-order valence-corrected chi connectivity index (χ4v) is 3.08. The van der Waals surface area contributed by atoms with E-state index in [4.69, 9.17) is 0 Å². The van der Waals surface area contributed by atoms with Crippen molar-refractivity contribution in [2.24, 2.45) is 5.92 Å². The third-order valence-corrected chi connectivity index (χ3v) is 4.18. The first-order valence-electron chi connectivity index (χ1n) is 5.03. The minimum atomic E-state index is 0.796. The quantitative estimate of drug-likeness (QED) is 0.886. The van der Waals surface area contributed by atoms with Crippen LogP contribution in [-0.2, 0) is 0 Å². The molecule has 1 saturated heterocycles. The normalized spacial score (nSPS) is 22.2. The predicted molar refractivity (Wildman–Crippen MR) is 66.1 cm³/mol. The van der Waals surface area contributed by atoms with E-state index < -0.39 is 0 Å². The molecule has 1 aromatic rings. The second-order valence-electron chi connectivity index (χ2n) is 3.72. The summed E-state index contributed by atoms with van der Waals surface area (Å²) in [6.07, 6.45) is 2.67. The van der Waals surface area contributed by atoms with E-state index in [1.807, 2.05) is 0 Å². The summed E-state index contributed by atoms with van der Waals surface area (Å²) in [7, 11) is 0. The van der Waals surface area contributed by atoms with Gasteiger partial charge in [-0.25, -0.2) is 0 Å². The van der Waals surface area contributed by atoms with Crippen molar-refractivity contribution in [2.45, 2.75) is 12.8 Å². The maximum atomic E-state index is 3.48. The first-order valence-corrected chi connectivity index (χ1v) is 6.70. The molecule has 1 aliphatic heterocycles. The molecule has 0 aliphatic carbocycles. The van der Waals surface area contributed by atoms with E-state index >= 15 is 0 Å². The molecule has 2 N–H and O–H groups in total. The molecule has 0 radical (unpaired) electrons. The van der Waals surface area contributed by atoms with Crippen LogP contribution in [0.15, 0.2) is 15.9 Å². The minimum Gasteiger partial charge on any atom is -0.377 e. The third-order valence-electron chi connectivity index (χ3n) is 2.53. The topological polar surface area (TPSA) is 24.1 Å². The first kappa shape index (κ1) is 10.5. The summed E-state index contributed by atoms with van der Waals surface area (Å²) in [4.78, 5) is 0. The Morgan fingerprint density at radius 2 is 2.57 bits per heavy atom. The molecule has 0 aromatic carbocycles. The van der Waals surface area contributed by atoms with Crippen LogP contribution in [0.5, 0.6) is 0 Å². The highest BCUT2D eigenvalue weighted by atomic mass is 79.9. The molecule has 14 heavy (non-hydrogen) atoms. The lowest BCUT2D eigenvalue weighted by Gasteiger charge is -2.22. The number of rotatable bonds is 3. The lowest BCUT2D eigenvalue weighted by Crippen LogP contribution is -2.33. The molecule has 2 heterocycles. The lowest BCUT2D eigenvalue weighted by molar-refractivity contribution is 0.393. The van der Waals surface area contributed by atoms with E-state index in [0.29, 0.717) is 0 Å². The molecule has 78 valence electrons. The van der Waals surface area contributed by atoms with E-state index in [-0.39, 0.29) is 0 Å². The van der Waals surface area contributed by atoms with Gasteiger partial charge in [-0.2, -0.15) is 0 Å². The molecule has 1 aromatic heterocycles. The maximum Gasteiger partial charge on any atom is 0.0894 e. The van der Waals surface area contributed by atoms with E-state index in [1.54, 1.807) is 11.3 Å². The molecule has 1 atom stereocenters. The van der Waals surface area contributed by atoms with Gasteiger partial charge in [-0.05, 0) is 53.8 Å². The van der Waals surface area contributed by atoms with Crippen LogP contribution in [0.2, 0.25) is 0 Å². The van der Waals surface area contributed by atoms with Crippen molar-refractivity contribution < 1.29 is 0 Å². The maximum absolute atomic E-state index is 3.48. The SMILES string of the molecule is Brc1csc(NCC2CCCNC2)c1. The zero-order valence-corrected chi connectivity index (χ0v) is 10.5. The fourth-order valence-electron chi connectivity index (χ4n) is 1.75. The molecule has 0 saturated carbocycles. The van der Waals surface area contributed by atoms with Gasteiger partial charge in [-0.1, -0.05) is 0 Å². The molecule has 0 amide bonds. The van der Waals surface area contributed by atoms with Crippen LogP contribution in [-0.4, -0.2) is 19.6 Å². The zero-order valence-electron chi connectivity index (χ0n) is 8.05. The van der Waals surface area contributed by atoms with Gasteiger partial charge in [0, 0.05) is 16.4 Å². The summed E-state index contributed by atoms with van der Waals surface area (Å²) in [6, 6.07) is 2.14. The van der Waals surface area contributed by atoms with Crippen molar-refractivity contribution >= 4 is 32.3 Å². The average molecular weight is 275 g/mol. The van der Waals surface area contributed by atoms with E-state index in [0.717, 1.165) is 12.5 Å². The number of piperidine rings is 1. The molecular formula is C10H15BrN2S. The summed E-state index contributed by atoms with van der Waals surface area (Å²) in [5.74, 6) is 0.796. The molecule has 2 rings (SSSR count). The summed E-state index contributed by atoms with van der Waals surface area (Å²) in [5.41, 5.74) is 0. The molecule has 1 fully saturated rings. The summed E-state index contributed by atoms with van der Waals surface area (Å²) in [5, 5.41) is 10.3. The minimum absolute atomic E-state index is 0.796. The smallest absolute Gasteiger partial charge is 0.0894 e.